The van der Waals surface area contributed by atoms with Crippen molar-refractivity contribution in [3.63, 3.8) is 0 Å². The van der Waals surface area contributed by atoms with Crippen LogP contribution >= 0.6 is 0 Å². The summed E-state index contributed by atoms with van der Waals surface area (Å²) in [6, 6.07) is 12.1. The van der Waals surface area contributed by atoms with Gasteiger partial charge in [0.15, 0.2) is 0 Å². The van der Waals surface area contributed by atoms with E-state index in [0.29, 0.717) is 18.8 Å². The van der Waals surface area contributed by atoms with Crippen LogP contribution in [-0.4, -0.2) is 39.4 Å². The number of carbonyl (C=O) groups is 1. The minimum absolute atomic E-state index is 0.0602. The Kier molecular flexibility index (Phi) is 6.92. The number of aryl methyl sites for hydroxylation is 1. The van der Waals surface area contributed by atoms with Crippen molar-refractivity contribution in [2.45, 2.75) is 44.0 Å². The summed E-state index contributed by atoms with van der Waals surface area (Å²) < 4.78 is 33.7. The van der Waals surface area contributed by atoms with Gasteiger partial charge in [0, 0.05) is 19.6 Å². The molecule has 0 atom stereocenters. The van der Waals surface area contributed by atoms with Gasteiger partial charge in [-0.1, -0.05) is 37.1 Å². The van der Waals surface area contributed by atoms with Gasteiger partial charge in [-0.15, -0.1) is 0 Å². The van der Waals surface area contributed by atoms with Crippen molar-refractivity contribution in [3.05, 3.63) is 59.2 Å². The lowest BCUT2D eigenvalue weighted by Crippen LogP contribution is -2.32. The second-order valence-corrected chi connectivity index (χ2v) is 9.09. The summed E-state index contributed by atoms with van der Waals surface area (Å²) in [5.41, 5.74) is 2.21. The Morgan fingerprint density at radius 2 is 1.76 bits per heavy atom. The fourth-order valence-electron chi connectivity index (χ4n) is 3.53. The van der Waals surface area contributed by atoms with E-state index >= 15 is 0 Å². The molecule has 0 radical (unpaired) electrons. The van der Waals surface area contributed by atoms with E-state index in [1.165, 1.54) is 19.2 Å². The highest BCUT2D eigenvalue weighted by molar-refractivity contribution is 7.89. The van der Waals surface area contributed by atoms with Crippen LogP contribution in [0.4, 0.5) is 0 Å². The lowest BCUT2D eigenvalue weighted by molar-refractivity contribution is 0.0758. The van der Waals surface area contributed by atoms with E-state index < -0.39 is 10.0 Å². The number of likely N-dealkylation sites (tertiary alicyclic amines) is 1. The van der Waals surface area contributed by atoms with Crippen molar-refractivity contribution in [2.75, 3.05) is 20.2 Å². The summed E-state index contributed by atoms with van der Waals surface area (Å²) >= 11 is 0. The highest BCUT2D eigenvalue weighted by Gasteiger charge is 2.24. The molecule has 1 N–H and O–H groups in total. The largest absolute Gasteiger partial charge is 0.496 e. The smallest absolute Gasteiger partial charge is 0.257 e. The molecular formula is C22H28N2O4S. The van der Waals surface area contributed by atoms with Crippen molar-refractivity contribution in [1.82, 2.24) is 9.62 Å². The fourth-order valence-corrected chi connectivity index (χ4v) is 4.56. The van der Waals surface area contributed by atoms with Crippen molar-refractivity contribution >= 4 is 15.9 Å². The number of hydrogen-bond acceptors (Lipinski definition) is 4. The first-order valence-corrected chi connectivity index (χ1v) is 11.4. The van der Waals surface area contributed by atoms with Crippen LogP contribution in [0.1, 0.15) is 47.2 Å². The molecule has 2 aromatic rings. The topological polar surface area (TPSA) is 75.7 Å². The van der Waals surface area contributed by atoms with E-state index in [2.05, 4.69) is 4.72 Å². The maximum atomic E-state index is 13.1. The predicted molar refractivity (Wildman–Crippen MR) is 113 cm³/mol. The molecule has 1 fully saturated rings. The van der Waals surface area contributed by atoms with Crippen LogP contribution < -0.4 is 9.46 Å². The van der Waals surface area contributed by atoms with Gasteiger partial charge in [0.1, 0.15) is 5.75 Å². The van der Waals surface area contributed by atoms with Crippen LogP contribution in [0.5, 0.6) is 5.75 Å². The normalized spacial score (nSPS) is 15.0. The molecule has 0 unspecified atom stereocenters. The zero-order valence-electron chi connectivity index (χ0n) is 17.0. The van der Waals surface area contributed by atoms with E-state index in [4.69, 9.17) is 4.74 Å². The lowest BCUT2D eigenvalue weighted by Gasteiger charge is -2.22. The standard InChI is InChI=1S/C22H28N2O4S/c1-17-9-5-6-10-18(17)16-23-29(26,27)19-11-12-21(28-2)20(15-19)22(25)24-13-7-3-4-8-14-24/h5-6,9-12,15,23H,3-4,7-8,13-14,16H2,1-2H3. The Hall–Kier alpha value is -2.38. The molecule has 0 aliphatic carbocycles. The number of nitrogens with one attached hydrogen (secondary N) is 1. The number of methoxy groups -OCH3 is 1. The van der Waals surface area contributed by atoms with E-state index in [9.17, 15) is 13.2 Å². The number of nitrogens with zero attached hydrogens (tertiary/aromatic N) is 1. The summed E-state index contributed by atoms with van der Waals surface area (Å²) in [5.74, 6) is 0.205. The van der Waals surface area contributed by atoms with Gasteiger partial charge in [-0.3, -0.25) is 4.79 Å². The zero-order valence-corrected chi connectivity index (χ0v) is 17.8. The predicted octanol–water partition coefficient (Wildman–Crippen LogP) is 3.50. The maximum absolute atomic E-state index is 13.1. The van der Waals surface area contributed by atoms with E-state index in [1.54, 1.807) is 11.0 Å². The first kappa shape index (κ1) is 21.3. The van der Waals surface area contributed by atoms with Gasteiger partial charge in [0.25, 0.3) is 5.91 Å². The van der Waals surface area contributed by atoms with Crippen LogP contribution in [0.3, 0.4) is 0 Å². The van der Waals surface area contributed by atoms with Gasteiger partial charge in [0.05, 0.1) is 17.6 Å². The number of rotatable bonds is 6. The van der Waals surface area contributed by atoms with Gasteiger partial charge in [-0.25, -0.2) is 13.1 Å². The van der Waals surface area contributed by atoms with Gasteiger partial charge in [0.2, 0.25) is 10.0 Å². The number of sulfonamides is 1. The molecule has 7 heteroatoms. The molecule has 1 saturated heterocycles. The van der Waals surface area contributed by atoms with Crippen molar-refractivity contribution in [1.29, 1.82) is 0 Å². The Morgan fingerprint density at radius 3 is 2.41 bits per heavy atom. The van der Waals surface area contributed by atoms with Crippen LogP contribution in [0.15, 0.2) is 47.4 Å². The van der Waals surface area contributed by atoms with E-state index in [-0.39, 0.29) is 22.9 Å². The molecule has 2 aromatic carbocycles. The summed E-state index contributed by atoms with van der Waals surface area (Å²) in [6.45, 7) is 3.50. The fraction of sp³-hybridized carbons (Fsp3) is 0.409. The number of benzene rings is 2. The molecule has 1 aliphatic rings. The third-order valence-corrected chi connectivity index (χ3v) is 6.72. The quantitative estimate of drug-likeness (QED) is 0.782. The average Bonchev–Trinajstić information content (AvgIpc) is 3.02. The molecular weight excluding hydrogens is 388 g/mol. The molecule has 6 nitrogen and oxygen atoms in total. The Morgan fingerprint density at radius 1 is 1.07 bits per heavy atom. The number of ether oxygens (including phenoxy) is 1. The van der Waals surface area contributed by atoms with Crippen LogP contribution in [0.25, 0.3) is 0 Å². The first-order chi connectivity index (χ1) is 13.9. The molecule has 0 bridgehead atoms. The minimum atomic E-state index is -3.77. The second-order valence-electron chi connectivity index (χ2n) is 7.32. The van der Waals surface area contributed by atoms with Gasteiger partial charge in [-0.05, 0) is 49.1 Å². The van der Waals surface area contributed by atoms with Crippen LogP contribution in [0, 0.1) is 6.92 Å². The molecule has 1 heterocycles. The van der Waals surface area contributed by atoms with Gasteiger partial charge >= 0.3 is 0 Å². The second kappa shape index (κ2) is 9.41. The highest BCUT2D eigenvalue weighted by atomic mass is 32.2. The van der Waals surface area contributed by atoms with Gasteiger partial charge in [-0.2, -0.15) is 0 Å². The average molecular weight is 417 g/mol. The Bertz CT molecular complexity index is 965. The van der Waals surface area contributed by atoms with E-state index in [0.717, 1.165) is 36.8 Å². The SMILES string of the molecule is COc1ccc(S(=O)(=O)NCc2ccccc2C)cc1C(=O)N1CCCCCC1. The minimum Gasteiger partial charge on any atom is -0.496 e. The molecule has 0 saturated carbocycles. The number of carbonyl (C=O) groups excluding carboxylic acids is 1. The number of hydrogen-bond donors (Lipinski definition) is 1. The molecule has 1 aliphatic heterocycles. The van der Waals surface area contributed by atoms with Crippen molar-refractivity contribution < 1.29 is 17.9 Å². The molecule has 1 amide bonds. The van der Waals surface area contributed by atoms with Gasteiger partial charge < -0.3 is 9.64 Å². The summed E-state index contributed by atoms with van der Waals surface area (Å²) in [5, 5.41) is 0. The Labute approximate surface area is 172 Å². The zero-order chi connectivity index (χ0) is 20.9. The third-order valence-electron chi connectivity index (χ3n) is 5.32. The molecule has 0 aromatic heterocycles. The first-order valence-electron chi connectivity index (χ1n) is 9.94. The molecule has 0 spiro atoms. The third kappa shape index (κ3) is 5.16. The molecule has 156 valence electrons. The van der Waals surface area contributed by atoms with E-state index in [1.807, 2.05) is 31.2 Å². The summed E-state index contributed by atoms with van der Waals surface area (Å²) in [4.78, 5) is 14.9. The maximum Gasteiger partial charge on any atom is 0.257 e. The summed E-state index contributed by atoms with van der Waals surface area (Å²) in [7, 11) is -2.29. The molecule has 3 rings (SSSR count). The monoisotopic (exact) mass is 416 g/mol. The highest BCUT2D eigenvalue weighted by Crippen LogP contribution is 2.25. The van der Waals surface area contributed by atoms with Crippen molar-refractivity contribution in [2.24, 2.45) is 0 Å². The molecule has 29 heavy (non-hydrogen) atoms. The number of amides is 1. The summed E-state index contributed by atoms with van der Waals surface area (Å²) in [6.07, 6.45) is 4.14. The van der Waals surface area contributed by atoms with Crippen LogP contribution in [0.2, 0.25) is 0 Å². The Balaban J connectivity index is 1.84. The van der Waals surface area contributed by atoms with Crippen molar-refractivity contribution in [3.8, 4) is 5.75 Å². The lowest BCUT2D eigenvalue weighted by atomic mass is 10.1. The van der Waals surface area contributed by atoms with Crippen LogP contribution in [-0.2, 0) is 16.6 Å².